The molecule has 0 spiro atoms. The summed E-state index contributed by atoms with van der Waals surface area (Å²) in [4.78, 5) is 16.7. The summed E-state index contributed by atoms with van der Waals surface area (Å²) in [6, 6.07) is 1.86. The highest BCUT2D eigenvalue weighted by Gasteiger charge is 2.32. The van der Waals surface area contributed by atoms with Crippen LogP contribution in [0.15, 0.2) is 22.9 Å². The number of amides is 1. The summed E-state index contributed by atoms with van der Waals surface area (Å²) in [6.45, 7) is 2.56. The zero-order valence-electron chi connectivity index (χ0n) is 11.5. The van der Waals surface area contributed by atoms with Crippen molar-refractivity contribution in [2.24, 2.45) is 0 Å². The van der Waals surface area contributed by atoms with Crippen LogP contribution in [0, 0.1) is 6.92 Å². The Morgan fingerprint density at radius 1 is 1.52 bits per heavy atom. The molecule has 0 aliphatic carbocycles. The maximum atomic E-state index is 11.0. The molecule has 2 aromatic heterocycles. The van der Waals surface area contributed by atoms with Crippen LogP contribution < -0.4 is 0 Å². The minimum atomic E-state index is -0.983. The molecule has 1 fully saturated rings. The molecule has 1 saturated heterocycles. The molecule has 2 atom stereocenters. The Morgan fingerprint density at radius 2 is 2.29 bits per heavy atom. The molecular weight excluding hydrogens is 338 g/mol. The fraction of sp³-hybridized carbons (Fsp3) is 0.429. The Kier molecular flexibility index (Phi) is 3.62. The van der Waals surface area contributed by atoms with Gasteiger partial charge >= 0.3 is 6.09 Å². The number of hydrogen-bond acceptors (Lipinski definition) is 3. The van der Waals surface area contributed by atoms with Crippen LogP contribution in [0.1, 0.15) is 18.0 Å². The number of aromatic nitrogens is 2. The van der Waals surface area contributed by atoms with Crippen molar-refractivity contribution in [2.75, 3.05) is 13.1 Å². The van der Waals surface area contributed by atoms with Gasteiger partial charge in [-0.2, -0.15) is 0 Å². The molecular formula is C14H16BrN3O3. The van der Waals surface area contributed by atoms with E-state index in [0.717, 1.165) is 21.1 Å². The first-order valence-corrected chi connectivity index (χ1v) is 7.55. The van der Waals surface area contributed by atoms with Gasteiger partial charge in [-0.1, -0.05) is 0 Å². The lowest BCUT2D eigenvalue weighted by Gasteiger charge is -2.35. The summed E-state index contributed by atoms with van der Waals surface area (Å²) >= 11 is 3.41. The molecule has 112 valence electrons. The number of carboxylic acid groups (broad SMARTS) is 1. The molecule has 2 aromatic rings. The second-order valence-corrected chi connectivity index (χ2v) is 6.31. The molecule has 0 bridgehead atoms. The van der Waals surface area contributed by atoms with Gasteiger partial charge in [0.2, 0.25) is 0 Å². The third kappa shape index (κ3) is 2.51. The van der Waals surface area contributed by atoms with Gasteiger partial charge in [-0.3, -0.25) is 0 Å². The van der Waals surface area contributed by atoms with Crippen molar-refractivity contribution >= 4 is 33.1 Å². The van der Waals surface area contributed by atoms with E-state index in [1.807, 2.05) is 23.8 Å². The van der Waals surface area contributed by atoms with Crippen molar-refractivity contribution in [3.05, 3.63) is 28.5 Å². The fourth-order valence-corrected chi connectivity index (χ4v) is 3.27. The number of hydrogen-bond donors (Lipinski definition) is 2. The fourth-order valence-electron chi connectivity index (χ4n) is 2.94. The highest BCUT2D eigenvalue weighted by atomic mass is 79.9. The summed E-state index contributed by atoms with van der Waals surface area (Å²) in [5.74, 6) is 0. The Labute approximate surface area is 130 Å². The maximum absolute atomic E-state index is 11.0. The van der Waals surface area contributed by atoms with Gasteiger partial charge in [0.15, 0.2) is 0 Å². The van der Waals surface area contributed by atoms with Gasteiger partial charge in [0, 0.05) is 28.8 Å². The third-order valence-corrected chi connectivity index (χ3v) is 4.44. The van der Waals surface area contributed by atoms with Crippen LogP contribution in [-0.2, 0) is 0 Å². The lowest BCUT2D eigenvalue weighted by molar-refractivity contribution is 0.0308. The highest BCUT2D eigenvalue weighted by Crippen LogP contribution is 2.30. The Balaban J connectivity index is 1.96. The molecule has 0 radical (unpaired) electrons. The summed E-state index contributed by atoms with van der Waals surface area (Å²) in [5.41, 5.74) is 1.91. The van der Waals surface area contributed by atoms with Crippen molar-refractivity contribution < 1.29 is 15.0 Å². The lowest BCUT2D eigenvalue weighted by Crippen LogP contribution is -2.46. The van der Waals surface area contributed by atoms with Crippen LogP contribution >= 0.6 is 15.9 Å². The summed E-state index contributed by atoms with van der Waals surface area (Å²) in [7, 11) is 0. The van der Waals surface area contributed by atoms with Crippen molar-refractivity contribution in [1.82, 2.24) is 14.5 Å². The number of rotatable bonds is 1. The smallest absolute Gasteiger partial charge is 0.407 e. The number of nitrogens with zero attached hydrogens (tertiary/aromatic N) is 3. The number of likely N-dealkylation sites (tertiary alicyclic amines) is 1. The molecule has 1 aliphatic rings. The molecule has 21 heavy (non-hydrogen) atoms. The second kappa shape index (κ2) is 5.31. The van der Waals surface area contributed by atoms with E-state index < -0.39 is 12.2 Å². The zero-order chi connectivity index (χ0) is 15.1. The molecule has 0 saturated carbocycles. The molecule has 2 unspecified atom stereocenters. The zero-order valence-corrected chi connectivity index (χ0v) is 13.1. The Morgan fingerprint density at radius 3 is 2.95 bits per heavy atom. The number of halogens is 1. The predicted molar refractivity (Wildman–Crippen MR) is 81.4 cm³/mol. The molecule has 3 rings (SSSR count). The molecule has 2 N–H and O–H groups in total. The SMILES string of the molecule is Cc1cn(C2CCN(C(=O)O)CC2O)c2ncc(Br)cc12. The highest BCUT2D eigenvalue weighted by molar-refractivity contribution is 9.10. The minimum absolute atomic E-state index is 0.134. The van der Waals surface area contributed by atoms with Crippen molar-refractivity contribution in [1.29, 1.82) is 0 Å². The first-order valence-electron chi connectivity index (χ1n) is 6.76. The Hall–Kier alpha value is -1.60. The van der Waals surface area contributed by atoms with E-state index in [-0.39, 0.29) is 12.6 Å². The van der Waals surface area contributed by atoms with Crippen LogP contribution in [0.3, 0.4) is 0 Å². The number of pyridine rings is 1. The van der Waals surface area contributed by atoms with Crippen molar-refractivity contribution in [2.45, 2.75) is 25.5 Å². The van der Waals surface area contributed by atoms with E-state index in [1.165, 1.54) is 4.90 Å². The first-order chi connectivity index (χ1) is 9.97. The molecule has 0 aromatic carbocycles. The van der Waals surface area contributed by atoms with Gasteiger partial charge in [-0.15, -0.1) is 0 Å². The first kappa shape index (κ1) is 14.3. The molecule has 3 heterocycles. The van der Waals surface area contributed by atoms with Crippen LogP contribution in [-0.4, -0.2) is 50.0 Å². The second-order valence-electron chi connectivity index (χ2n) is 5.40. The topological polar surface area (TPSA) is 78.6 Å². The predicted octanol–water partition coefficient (Wildman–Crippen LogP) is 2.39. The van der Waals surface area contributed by atoms with Gasteiger partial charge < -0.3 is 19.7 Å². The van der Waals surface area contributed by atoms with Gasteiger partial charge in [0.25, 0.3) is 0 Å². The van der Waals surface area contributed by atoms with Gasteiger partial charge in [-0.25, -0.2) is 9.78 Å². The number of piperidine rings is 1. The summed E-state index contributed by atoms with van der Waals surface area (Å²) < 4.78 is 2.89. The molecule has 7 heteroatoms. The number of β-amino-alcohol motifs (C(OH)–C–C–N with tert-alkyl or cyclic N) is 1. The number of aliphatic hydroxyl groups is 1. The third-order valence-electron chi connectivity index (χ3n) is 4.01. The minimum Gasteiger partial charge on any atom is -0.465 e. The van der Waals surface area contributed by atoms with E-state index in [4.69, 9.17) is 5.11 Å². The van der Waals surface area contributed by atoms with Crippen LogP contribution in [0.25, 0.3) is 11.0 Å². The van der Waals surface area contributed by atoms with Crippen molar-refractivity contribution in [3.63, 3.8) is 0 Å². The van der Waals surface area contributed by atoms with Gasteiger partial charge in [0.1, 0.15) is 5.65 Å². The lowest BCUT2D eigenvalue weighted by atomic mass is 10.0. The van der Waals surface area contributed by atoms with Crippen LogP contribution in [0.2, 0.25) is 0 Å². The average Bonchev–Trinajstić information content (AvgIpc) is 2.75. The number of aliphatic hydroxyl groups excluding tert-OH is 1. The standard InChI is InChI=1S/C14H16BrN3O3/c1-8-6-18(13-10(8)4-9(15)5-16-13)11-2-3-17(14(20)21)7-12(11)19/h4-6,11-12,19H,2-3,7H2,1H3,(H,20,21). The number of carbonyl (C=O) groups is 1. The Bertz CT molecular complexity index is 700. The van der Waals surface area contributed by atoms with E-state index in [0.29, 0.717) is 13.0 Å². The van der Waals surface area contributed by atoms with Crippen LogP contribution in [0.4, 0.5) is 4.79 Å². The summed E-state index contributed by atoms with van der Waals surface area (Å²) in [5, 5.41) is 20.4. The van der Waals surface area contributed by atoms with Gasteiger partial charge in [-0.05, 0) is 40.9 Å². The molecule has 1 amide bonds. The van der Waals surface area contributed by atoms with Gasteiger partial charge in [0.05, 0.1) is 18.7 Å². The monoisotopic (exact) mass is 353 g/mol. The number of aryl methyl sites for hydroxylation is 1. The summed E-state index contributed by atoms with van der Waals surface area (Å²) in [6.07, 6.45) is 2.58. The van der Waals surface area contributed by atoms with E-state index in [2.05, 4.69) is 20.9 Å². The quantitative estimate of drug-likeness (QED) is 0.824. The van der Waals surface area contributed by atoms with E-state index >= 15 is 0 Å². The largest absolute Gasteiger partial charge is 0.465 e. The number of fused-ring (bicyclic) bond motifs is 1. The average molecular weight is 354 g/mol. The van der Waals surface area contributed by atoms with Crippen molar-refractivity contribution in [3.8, 4) is 0 Å². The van der Waals surface area contributed by atoms with E-state index in [1.54, 1.807) is 6.20 Å². The van der Waals surface area contributed by atoms with E-state index in [9.17, 15) is 9.90 Å². The molecule has 1 aliphatic heterocycles. The maximum Gasteiger partial charge on any atom is 0.407 e. The normalized spacial score (nSPS) is 22.7. The molecule has 6 nitrogen and oxygen atoms in total. The van der Waals surface area contributed by atoms with Crippen LogP contribution in [0.5, 0.6) is 0 Å².